The van der Waals surface area contributed by atoms with Gasteiger partial charge in [0.05, 0.1) is 11.4 Å². The summed E-state index contributed by atoms with van der Waals surface area (Å²) in [7, 11) is 0. The Kier molecular flexibility index (Phi) is 12.6. The van der Waals surface area contributed by atoms with Crippen molar-refractivity contribution in [2.45, 2.75) is 96.6 Å². The molecule has 2 nitrogen and oxygen atoms in total. The number of allylic oxidation sites excluding steroid dienone is 28. The molecule has 9 aliphatic rings. The van der Waals surface area contributed by atoms with Gasteiger partial charge in [0.15, 0.2) is 0 Å². The zero-order valence-corrected chi connectivity index (χ0v) is 43.6. The van der Waals surface area contributed by atoms with Crippen molar-refractivity contribution in [2.24, 2.45) is 29.6 Å². The Morgan fingerprint density at radius 3 is 2.23 bits per heavy atom. The smallest absolute Gasteiger partial charge is 0.130 e. The lowest BCUT2D eigenvalue weighted by atomic mass is 9.57. The number of anilines is 2. The Balaban J connectivity index is 1.000. The van der Waals surface area contributed by atoms with Gasteiger partial charge in [0.1, 0.15) is 6.17 Å². The molecule has 368 valence electrons. The number of nitrogens with zero attached hydrogens (tertiary/aromatic N) is 1. The normalized spacial score (nSPS) is 27.9. The van der Waals surface area contributed by atoms with Crippen LogP contribution < -0.4 is 10.2 Å². The minimum atomic E-state index is 0.0363. The average molecular weight is 963 g/mol. The highest BCUT2D eigenvalue weighted by molar-refractivity contribution is 5.92. The van der Waals surface area contributed by atoms with Gasteiger partial charge < -0.3 is 10.2 Å². The summed E-state index contributed by atoms with van der Waals surface area (Å²) in [5.41, 5.74) is 25.3. The van der Waals surface area contributed by atoms with E-state index in [2.05, 4.69) is 237 Å². The molecule has 0 radical (unpaired) electrons. The minimum Gasteiger partial charge on any atom is -0.359 e. The lowest BCUT2D eigenvalue weighted by Crippen LogP contribution is -2.34. The fourth-order valence-corrected chi connectivity index (χ4v) is 14.2. The van der Waals surface area contributed by atoms with Crippen molar-refractivity contribution >= 4 is 28.1 Å². The first-order valence-electron chi connectivity index (χ1n) is 28.2. The van der Waals surface area contributed by atoms with Crippen molar-refractivity contribution < 1.29 is 0 Å². The van der Waals surface area contributed by atoms with Crippen LogP contribution in [0.4, 0.5) is 11.4 Å². The standard InChI is InChI=1S/C72H70N2/c1-47-22-21-33-62-68(47)71(65-46-58(52-27-13-6-14-28-52)45-64(48(65)2)53-29-15-7-16-30-53)69-49(3)61(54-36-38-55(39-37-54)72-73-66-34-19-20-35-67(66)74(72)60-31-17-8-18-32-60)40-41-63(69)70(62)59-43-56(50-23-9-4-10-24-50)42-57(44-59)51-25-11-5-12-26-51/h4,7-10,13,15-17,19-23,25,27-31,33-50,61,65,68,72-73H,5-6,11-12,14,18,24,26,32H2,1-3H3. The molecule has 0 bridgehead atoms. The van der Waals surface area contributed by atoms with Crippen LogP contribution in [0, 0.1) is 29.6 Å². The SMILES string of the molecule is CC1C=CC=C2C(c3cc(C4=CCCCC4)cc(C4C=CC=CC4)c3)=C3C=CC(c4ccc(C5Nc6ccccc6N5C5=CC=CCC5)cc4)C(C)C3=C(C3C=C(C4=CCCC=C4)C=C(c4ccccc4)C3C)C21. The maximum Gasteiger partial charge on any atom is 0.130 e. The molecule has 13 rings (SSSR count). The van der Waals surface area contributed by atoms with Crippen LogP contribution in [0.3, 0.4) is 0 Å². The predicted molar refractivity (Wildman–Crippen MR) is 313 cm³/mol. The molecule has 0 aromatic heterocycles. The third kappa shape index (κ3) is 8.45. The van der Waals surface area contributed by atoms with Crippen LogP contribution in [0.1, 0.15) is 130 Å². The summed E-state index contributed by atoms with van der Waals surface area (Å²) in [4.78, 5) is 2.54. The highest BCUT2D eigenvalue weighted by Gasteiger charge is 2.45. The van der Waals surface area contributed by atoms with Crippen LogP contribution in [0.5, 0.6) is 0 Å². The van der Waals surface area contributed by atoms with Crippen molar-refractivity contribution in [3.63, 3.8) is 0 Å². The summed E-state index contributed by atoms with van der Waals surface area (Å²) in [5, 5.41) is 3.93. The first-order chi connectivity index (χ1) is 36.5. The highest BCUT2D eigenvalue weighted by atomic mass is 15.3. The largest absolute Gasteiger partial charge is 0.359 e. The zero-order chi connectivity index (χ0) is 49.7. The number of para-hydroxylation sites is 2. The monoisotopic (exact) mass is 963 g/mol. The van der Waals surface area contributed by atoms with Gasteiger partial charge in [-0.1, -0.05) is 208 Å². The molecular weight excluding hydrogens is 893 g/mol. The van der Waals surface area contributed by atoms with Gasteiger partial charge in [-0.2, -0.15) is 0 Å². The Hall–Kier alpha value is -7.16. The molecule has 1 heterocycles. The average Bonchev–Trinajstić information content (AvgIpc) is 3.86. The van der Waals surface area contributed by atoms with E-state index in [0.29, 0.717) is 11.8 Å². The second-order valence-corrected chi connectivity index (χ2v) is 22.4. The van der Waals surface area contributed by atoms with E-state index in [1.165, 1.54) is 109 Å². The number of benzene rings is 4. The fourth-order valence-electron chi connectivity index (χ4n) is 14.2. The van der Waals surface area contributed by atoms with E-state index in [1.807, 2.05) is 0 Å². The van der Waals surface area contributed by atoms with Crippen molar-refractivity contribution in [2.75, 3.05) is 10.2 Å². The predicted octanol–water partition coefficient (Wildman–Crippen LogP) is 18.8. The molecule has 8 unspecified atom stereocenters. The van der Waals surface area contributed by atoms with Gasteiger partial charge in [-0.05, 0) is 178 Å². The van der Waals surface area contributed by atoms with Crippen LogP contribution in [0.2, 0.25) is 0 Å². The molecule has 1 aliphatic heterocycles. The number of hydrogen-bond acceptors (Lipinski definition) is 2. The Bertz CT molecular complexity index is 3340. The van der Waals surface area contributed by atoms with Crippen LogP contribution in [0.25, 0.3) is 16.7 Å². The second kappa shape index (κ2) is 19.9. The summed E-state index contributed by atoms with van der Waals surface area (Å²) in [5.74, 6) is 1.82. The molecule has 1 N–H and O–H groups in total. The summed E-state index contributed by atoms with van der Waals surface area (Å²) < 4.78 is 0. The topological polar surface area (TPSA) is 15.3 Å². The third-order valence-electron chi connectivity index (χ3n) is 18.0. The molecule has 2 heteroatoms. The van der Waals surface area contributed by atoms with E-state index >= 15 is 0 Å². The van der Waals surface area contributed by atoms with Gasteiger partial charge in [0.2, 0.25) is 0 Å². The number of nitrogens with one attached hydrogen (secondary N) is 1. The van der Waals surface area contributed by atoms with Crippen LogP contribution in [0.15, 0.2) is 246 Å². The quantitative estimate of drug-likeness (QED) is 0.180. The molecule has 0 fully saturated rings. The maximum atomic E-state index is 3.93. The van der Waals surface area contributed by atoms with Gasteiger partial charge in [-0.3, -0.25) is 0 Å². The van der Waals surface area contributed by atoms with Crippen molar-refractivity contribution in [3.8, 4) is 0 Å². The van der Waals surface area contributed by atoms with Crippen molar-refractivity contribution in [1.29, 1.82) is 0 Å². The van der Waals surface area contributed by atoms with Gasteiger partial charge in [-0.15, -0.1) is 0 Å². The van der Waals surface area contributed by atoms with Crippen LogP contribution >= 0.6 is 0 Å². The molecule has 4 aromatic rings. The second-order valence-electron chi connectivity index (χ2n) is 22.4. The summed E-state index contributed by atoms with van der Waals surface area (Å²) in [6.07, 6.45) is 53.9. The summed E-state index contributed by atoms with van der Waals surface area (Å²) >= 11 is 0. The van der Waals surface area contributed by atoms with E-state index in [4.69, 9.17) is 0 Å². The van der Waals surface area contributed by atoms with Gasteiger partial charge in [-0.25, -0.2) is 0 Å². The first-order valence-corrected chi connectivity index (χ1v) is 28.2. The molecular formula is C72H70N2. The number of hydrogen-bond donors (Lipinski definition) is 1. The van der Waals surface area contributed by atoms with Crippen molar-refractivity contribution in [3.05, 3.63) is 279 Å². The van der Waals surface area contributed by atoms with E-state index in [9.17, 15) is 0 Å². The first kappa shape index (κ1) is 46.6. The molecule has 8 aliphatic carbocycles. The van der Waals surface area contributed by atoms with Crippen molar-refractivity contribution in [1.82, 2.24) is 0 Å². The van der Waals surface area contributed by atoms with E-state index in [0.717, 1.165) is 38.5 Å². The number of rotatable bonds is 9. The lowest BCUT2D eigenvalue weighted by Gasteiger charge is -2.46. The summed E-state index contributed by atoms with van der Waals surface area (Å²) in [6, 6.07) is 37.6. The summed E-state index contributed by atoms with van der Waals surface area (Å²) in [6.45, 7) is 7.60. The van der Waals surface area contributed by atoms with E-state index < -0.39 is 0 Å². The zero-order valence-electron chi connectivity index (χ0n) is 43.6. The number of fused-ring (bicyclic) bond motifs is 3. The molecule has 8 atom stereocenters. The minimum absolute atomic E-state index is 0.0363. The fraction of sp³-hybridized carbons (Fsp3) is 0.278. The molecule has 0 amide bonds. The van der Waals surface area contributed by atoms with Gasteiger partial charge in [0, 0.05) is 29.4 Å². The third-order valence-corrected chi connectivity index (χ3v) is 18.0. The molecule has 0 saturated heterocycles. The Morgan fingerprint density at radius 1 is 0.581 bits per heavy atom. The molecule has 0 saturated carbocycles. The van der Waals surface area contributed by atoms with E-state index in [1.54, 1.807) is 11.1 Å². The molecule has 74 heavy (non-hydrogen) atoms. The highest BCUT2D eigenvalue weighted by Crippen LogP contribution is 2.59. The van der Waals surface area contributed by atoms with Gasteiger partial charge in [0.25, 0.3) is 0 Å². The molecule has 4 aromatic carbocycles. The van der Waals surface area contributed by atoms with Crippen LogP contribution in [-0.2, 0) is 0 Å². The van der Waals surface area contributed by atoms with Gasteiger partial charge >= 0.3 is 0 Å². The Morgan fingerprint density at radius 2 is 1.43 bits per heavy atom. The van der Waals surface area contributed by atoms with E-state index in [-0.39, 0.29) is 35.8 Å². The Labute approximate surface area is 441 Å². The molecule has 0 spiro atoms. The maximum absolute atomic E-state index is 3.93. The van der Waals surface area contributed by atoms with Crippen LogP contribution in [-0.4, -0.2) is 0 Å². The lowest BCUT2D eigenvalue weighted by molar-refractivity contribution is 0.446.